The van der Waals surface area contributed by atoms with Gasteiger partial charge in [0.05, 0.1) is 7.11 Å². The highest BCUT2D eigenvalue weighted by atomic mass is 19.4. The van der Waals surface area contributed by atoms with Gasteiger partial charge in [-0.2, -0.15) is 0 Å². The monoisotopic (exact) mass is 465 g/mol. The third-order valence-electron chi connectivity index (χ3n) is 5.30. The second kappa shape index (κ2) is 8.58. The molecule has 0 saturated heterocycles. The summed E-state index contributed by atoms with van der Waals surface area (Å²) in [5.41, 5.74) is 2.13. The number of rotatable bonds is 6. The van der Waals surface area contributed by atoms with Crippen LogP contribution in [-0.2, 0) is 6.61 Å². The molecule has 0 spiro atoms. The van der Waals surface area contributed by atoms with Crippen LogP contribution in [0.3, 0.4) is 0 Å². The molecule has 34 heavy (non-hydrogen) atoms. The van der Waals surface area contributed by atoms with E-state index < -0.39 is 6.36 Å². The lowest BCUT2D eigenvalue weighted by atomic mass is 10.1. The molecule has 6 nitrogen and oxygen atoms in total. The van der Waals surface area contributed by atoms with Gasteiger partial charge in [0.2, 0.25) is 0 Å². The minimum atomic E-state index is -4.73. The molecule has 0 aliphatic carbocycles. The standard InChI is InChI=1S/C25H18F3N3O3/c1-32-20-10-11-21-17(13-20)3-2-4-22(21)33-15-24-30-29-23-12-7-18(14-31(23)24)16-5-8-19(9-6-16)34-25(26,27)28/h2-14H,15H2,1H3. The highest BCUT2D eigenvalue weighted by Crippen LogP contribution is 2.30. The Hall–Kier alpha value is -4.27. The van der Waals surface area contributed by atoms with Gasteiger partial charge >= 0.3 is 6.36 Å². The summed E-state index contributed by atoms with van der Waals surface area (Å²) < 4.78 is 54.3. The molecule has 0 amide bonds. The van der Waals surface area contributed by atoms with Gasteiger partial charge in [-0.3, -0.25) is 4.40 Å². The molecule has 0 atom stereocenters. The quantitative estimate of drug-likeness (QED) is 0.306. The third kappa shape index (κ3) is 4.45. The maximum Gasteiger partial charge on any atom is 0.573 e. The van der Waals surface area contributed by atoms with Crippen molar-refractivity contribution in [2.45, 2.75) is 13.0 Å². The molecule has 0 unspecified atom stereocenters. The van der Waals surface area contributed by atoms with Crippen molar-refractivity contribution in [3.8, 4) is 28.4 Å². The average Bonchev–Trinajstić information content (AvgIpc) is 3.24. The van der Waals surface area contributed by atoms with Crippen LogP contribution < -0.4 is 14.2 Å². The van der Waals surface area contributed by atoms with Gasteiger partial charge in [-0.1, -0.05) is 24.3 Å². The van der Waals surface area contributed by atoms with Gasteiger partial charge in [-0.15, -0.1) is 23.4 Å². The summed E-state index contributed by atoms with van der Waals surface area (Å²) in [6.45, 7) is 0.175. The highest BCUT2D eigenvalue weighted by molar-refractivity contribution is 5.89. The summed E-state index contributed by atoms with van der Waals surface area (Å²) in [4.78, 5) is 0. The van der Waals surface area contributed by atoms with Gasteiger partial charge in [0.1, 0.15) is 23.9 Å². The Morgan fingerprint density at radius 3 is 2.38 bits per heavy atom. The van der Waals surface area contributed by atoms with Crippen molar-refractivity contribution in [3.05, 3.63) is 84.8 Å². The third-order valence-corrected chi connectivity index (χ3v) is 5.30. The van der Waals surface area contributed by atoms with E-state index in [1.807, 2.05) is 48.7 Å². The molecule has 5 rings (SSSR count). The number of methoxy groups -OCH3 is 1. The number of fused-ring (bicyclic) bond motifs is 2. The summed E-state index contributed by atoms with van der Waals surface area (Å²) >= 11 is 0. The summed E-state index contributed by atoms with van der Waals surface area (Å²) in [7, 11) is 1.62. The Kier molecular flexibility index (Phi) is 5.45. The van der Waals surface area contributed by atoms with Crippen LogP contribution in [0.1, 0.15) is 5.82 Å². The minimum Gasteiger partial charge on any atom is -0.497 e. The lowest BCUT2D eigenvalue weighted by Gasteiger charge is -2.11. The van der Waals surface area contributed by atoms with E-state index in [0.29, 0.717) is 17.2 Å². The van der Waals surface area contributed by atoms with Crippen LogP contribution in [0.15, 0.2) is 79.0 Å². The molecule has 2 aromatic heterocycles. The highest BCUT2D eigenvalue weighted by Gasteiger charge is 2.31. The fraction of sp³-hybridized carbons (Fsp3) is 0.120. The van der Waals surface area contributed by atoms with E-state index in [9.17, 15) is 13.2 Å². The van der Waals surface area contributed by atoms with E-state index in [1.165, 1.54) is 12.1 Å². The van der Waals surface area contributed by atoms with E-state index in [0.717, 1.165) is 27.6 Å². The summed E-state index contributed by atoms with van der Waals surface area (Å²) in [6.07, 6.45) is -2.91. The van der Waals surface area contributed by atoms with Crippen LogP contribution in [0.2, 0.25) is 0 Å². The number of nitrogens with zero attached hydrogens (tertiary/aromatic N) is 3. The van der Waals surface area contributed by atoms with Crippen LogP contribution in [0.4, 0.5) is 13.2 Å². The first-order valence-corrected chi connectivity index (χ1v) is 10.3. The first kappa shape index (κ1) is 21.6. The molecule has 0 fully saturated rings. The van der Waals surface area contributed by atoms with Gasteiger partial charge in [-0.25, -0.2) is 0 Å². The maximum atomic E-state index is 12.4. The molecule has 0 N–H and O–H groups in total. The molecule has 0 aliphatic rings. The molecule has 0 aliphatic heterocycles. The molecule has 3 aromatic carbocycles. The number of aromatic nitrogens is 3. The van der Waals surface area contributed by atoms with Crippen LogP contribution in [0.25, 0.3) is 27.5 Å². The van der Waals surface area contributed by atoms with Crippen LogP contribution in [0, 0.1) is 0 Å². The van der Waals surface area contributed by atoms with E-state index in [1.54, 1.807) is 29.7 Å². The van der Waals surface area contributed by atoms with Crippen molar-refractivity contribution in [2.24, 2.45) is 0 Å². The zero-order valence-electron chi connectivity index (χ0n) is 17.9. The summed E-state index contributed by atoms with van der Waals surface area (Å²) in [5.74, 6) is 1.77. The Balaban J connectivity index is 1.39. The number of hydrogen-bond donors (Lipinski definition) is 0. The lowest BCUT2D eigenvalue weighted by Crippen LogP contribution is -2.16. The Bertz CT molecular complexity index is 1460. The van der Waals surface area contributed by atoms with Crippen LogP contribution in [-0.4, -0.2) is 28.1 Å². The van der Waals surface area contributed by atoms with Gasteiger partial charge in [-0.05, 0) is 65.0 Å². The second-order valence-electron chi connectivity index (χ2n) is 7.47. The average molecular weight is 465 g/mol. The van der Waals surface area contributed by atoms with Gasteiger partial charge in [0.15, 0.2) is 11.5 Å². The van der Waals surface area contributed by atoms with Crippen molar-refractivity contribution in [3.63, 3.8) is 0 Å². The fourth-order valence-corrected chi connectivity index (χ4v) is 3.68. The molecular weight excluding hydrogens is 447 g/mol. The number of ether oxygens (including phenoxy) is 3. The van der Waals surface area contributed by atoms with Crippen molar-refractivity contribution < 1.29 is 27.4 Å². The predicted octanol–water partition coefficient (Wildman–Crippen LogP) is 6.04. The molecule has 172 valence electrons. The van der Waals surface area contributed by atoms with Crippen molar-refractivity contribution in [1.82, 2.24) is 14.6 Å². The summed E-state index contributed by atoms with van der Waals surface area (Å²) in [5, 5.41) is 10.3. The van der Waals surface area contributed by atoms with Gasteiger partial charge < -0.3 is 14.2 Å². The number of hydrogen-bond acceptors (Lipinski definition) is 5. The molecule has 5 aromatic rings. The van der Waals surface area contributed by atoms with E-state index in [-0.39, 0.29) is 12.4 Å². The molecule has 2 heterocycles. The van der Waals surface area contributed by atoms with E-state index >= 15 is 0 Å². The summed E-state index contributed by atoms with van der Waals surface area (Å²) in [6, 6.07) is 20.8. The molecule has 0 saturated carbocycles. The van der Waals surface area contributed by atoms with Gasteiger partial charge in [0, 0.05) is 11.6 Å². The zero-order chi connectivity index (χ0) is 23.7. The molecule has 9 heteroatoms. The maximum absolute atomic E-state index is 12.4. The van der Waals surface area contributed by atoms with Crippen molar-refractivity contribution >= 4 is 16.4 Å². The smallest absolute Gasteiger partial charge is 0.497 e. The number of benzene rings is 3. The predicted molar refractivity (Wildman–Crippen MR) is 120 cm³/mol. The SMILES string of the molecule is COc1ccc2c(OCc3nnc4ccc(-c5ccc(OC(F)(F)F)cc5)cn34)cccc2c1. The zero-order valence-corrected chi connectivity index (χ0v) is 17.9. The lowest BCUT2D eigenvalue weighted by molar-refractivity contribution is -0.274. The number of halogens is 3. The first-order chi connectivity index (χ1) is 16.4. The van der Waals surface area contributed by atoms with E-state index in [4.69, 9.17) is 9.47 Å². The van der Waals surface area contributed by atoms with Crippen LogP contribution in [0.5, 0.6) is 17.2 Å². The van der Waals surface area contributed by atoms with Crippen molar-refractivity contribution in [1.29, 1.82) is 0 Å². The topological polar surface area (TPSA) is 57.9 Å². The fourth-order valence-electron chi connectivity index (χ4n) is 3.68. The second-order valence-corrected chi connectivity index (χ2v) is 7.47. The normalized spacial score (nSPS) is 11.6. The Morgan fingerprint density at radius 2 is 1.62 bits per heavy atom. The minimum absolute atomic E-state index is 0.175. The molecule has 0 bridgehead atoms. The Labute approximate surface area is 192 Å². The largest absolute Gasteiger partial charge is 0.573 e. The van der Waals surface area contributed by atoms with Gasteiger partial charge in [0.25, 0.3) is 0 Å². The number of alkyl halides is 3. The number of pyridine rings is 1. The van der Waals surface area contributed by atoms with Crippen molar-refractivity contribution in [2.75, 3.05) is 7.11 Å². The Morgan fingerprint density at radius 1 is 0.853 bits per heavy atom. The molecule has 0 radical (unpaired) electrons. The van der Waals surface area contributed by atoms with E-state index in [2.05, 4.69) is 14.9 Å². The molecular formula is C25H18F3N3O3. The van der Waals surface area contributed by atoms with Crippen LogP contribution >= 0.6 is 0 Å². The first-order valence-electron chi connectivity index (χ1n) is 10.3.